The molecule has 1 heterocycles. The number of halogens is 2. The van der Waals surface area contributed by atoms with Crippen molar-refractivity contribution in [2.45, 2.75) is 30.9 Å². The zero-order valence-electron chi connectivity index (χ0n) is 20.1. The number of thioether (sulfide) groups is 1. The van der Waals surface area contributed by atoms with Crippen LogP contribution in [0, 0.1) is 22.9 Å². The van der Waals surface area contributed by atoms with Crippen LogP contribution in [0.1, 0.15) is 29.1 Å². The number of aryl methyl sites for hydroxylation is 1. The maximum Gasteiger partial charge on any atom is 0.220 e. The van der Waals surface area contributed by atoms with Gasteiger partial charge in [0.25, 0.3) is 0 Å². The highest BCUT2D eigenvalue weighted by molar-refractivity contribution is 7.99. The molecule has 0 fully saturated rings. The summed E-state index contributed by atoms with van der Waals surface area (Å²) in [5, 5.41) is 20.6. The smallest absolute Gasteiger partial charge is 0.220 e. The third kappa shape index (κ3) is 6.78. The molecule has 0 spiro atoms. The first-order valence-corrected chi connectivity index (χ1v) is 12.7. The maximum absolute atomic E-state index is 13.5. The van der Waals surface area contributed by atoms with Crippen LogP contribution in [0.15, 0.2) is 71.9 Å². The quantitative estimate of drug-likeness (QED) is 0.122. The monoisotopic (exact) mass is 542 g/mol. The largest absolute Gasteiger partial charge is 0.490 e. The number of hydrogen-bond donors (Lipinski definition) is 0. The standard InChI is InChI=1S/C26H24ClFN4O4S/c1-3-35-24-14-19(7-12-23(24)36-16-18-5-4-6-21(28)13-18)25(15-31(33)34)37-26-30-29-17(2)32(26)22-10-8-20(27)9-11-22/h4-14,25H,3,15-16H2,1-2H3/t25-/m0/s1. The van der Waals surface area contributed by atoms with Crippen molar-refractivity contribution in [3.8, 4) is 17.2 Å². The number of aromatic nitrogens is 3. The van der Waals surface area contributed by atoms with Gasteiger partial charge in [0.2, 0.25) is 6.54 Å². The molecule has 11 heteroatoms. The number of nitro groups is 1. The van der Waals surface area contributed by atoms with E-state index in [1.807, 2.05) is 30.5 Å². The molecule has 0 aliphatic heterocycles. The fourth-order valence-corrected chi connectivity index (χ4v) is 4.97. The maximum atomic E-state index is 13.5. The number of ether oxygens (including phenoxy) is 2. The molecular formula is C26H24ClFN4O4S. The van der Waals surface area contributed by atoms with E-state index in [0.29, 0.717) is 45.2 Å². The minimum atomic E-state index is -0.582. The average molecular weight is 543 g/mol. The van der Waals surface area contributed by atoms with E-state index in [4.69, 9.17) is 21.1 Å². The van der Waals surface area contributed by atoms with Crippen LogP contribution in [0.25, 0.3) is 5.69 Å². The van der Waals surface area contributed by atoms with Gasteiger partial charge < -0.3 is 9.47 Å². The van der Waals surface area contributed by atoms with E-state index in [0.717, 1.165) is 5.69 Å². The lowest BCUT2D eigenvalue weighted by Crippen LogP contribution is -2.11. The number of rotatable bonds is 11. The second kappa shape index (κ2) is 12.1. The van der Waals surface area contributed by atoms with Gasteiger partial charge in [0.1, 0.15) is 23.5 Å². The van der Waals surface area contributed by atoms with Crippen LogP contribution in [0.5, 0.6) is 11.5 Å². The first-order valence-electron chi connectivity index (χ1n) is 11.4. The highest BCUT2D eigenvalue weighted by atomic mass is 35.5. The number of benzene rings is 3. The Morgan fingerprint density at radius 1 is 1.08 bits per heavy atom. The Morgan fingerprint density at radius 3 is 2.57 bits per heavy atom. The molecule has 4 aromatic rings. The Kier molecular flexibility index (Phi) is 8.62. The van der Waals surface area contributed by atoms with Gasteiger partial charge in [-0.05, 0) is 73.5 Å². The topological polar surface area (TPSA) is 92.3 Å². The van der Waals surface area contributed by atoms with Gasteiger partial charge in [-0.1, -0.05) is 41.6 Å². The molecule has 1 aromatic heterocycles. The summed E-state index contributed by atoms with van der Waals surface area (Å²) in [5.41, 5.74) is 2.14. The van der Waals surface area contributed by atoms with Crippen LogP contribution in [-0.4, -0.2) is 32.8 Å². The number of hydrogen-bond acceptors (Lipinski definition) is 7. The molecule has 0 N–H and O–H groups in total. The van der Waals surface area contributed by atoms with Gasteiger partial charge in [-0.2, -0.15) is 0 Å². The highest BCUT2D eigenvalue weighted by Crippen LogP contribution is 2.39. The van der Waals surface area contributed by atoms with E-state index in [1.54, 1.807) is 42.5 Å². The summed E-state index contributed by atoms with van der Waals surface area (Å²) in [6.45, 7) is 3.83. The van der Waals surface area contributed by atoms with Gasteiger partial charge in [0, 0.05) is 15.6 Å². The van der Waals surface area contributed by atoms with Crippen molar-refractivity contribution < 1.29 is 18.8 Å². The Labute approximate surface area is 222 Å². The molecule has 0 saturated carbocycles. The van der Waals surface area contributed by atoms with Gasteiger partial charge in [-0.15, -0.1) is 10.2 Å². The fraction of sp³-hybridized carbons (Fsp3) is 0.231. The second-order valence-electron chi connectivity index (χ2n) is 8.02. The summed E-state index contributed by atoms with van der Waals surface area (Å²) < 4.78 is 27.0. The van der Waals surface area contributed by atoms with E-state index in [9.17, 15) is 14.5 Å². The van der Waals surface area contributed by atoms with Crippen LogP contribution >= 0.6 is 23.4 Å². The Morgan fingerprint density at radius 2 is 1.86 bits per heavy atom. The van der Waals surface area contributed by atoms with E-state index >= 15 is 0 Å². The van der Waals surface area contributed by atoms with Crippen LogP contribution in [0.4, 0.5) is 4.39 Å². The predicted molar refractivity (Wildman–Crippen MR) is 140 cm³/mol. The summed E-state index contributed by atoms with van der Waals surface area (Å²) in [6, 6.07) is 18.6. The molecular weight excluding hydrogens is 519 g/mol. The Hall–Kier alpha value is -3.63. The summed E-state index contributed by atoms with van der Waals surface area (Å²) in [5.74, 6) is 1.20. The molecule has 0 amide bonds. The lowest BCUT2D eigenvalue weighted by molar-refractivity contribution is -0.479. The van der Waals surface area contributed by atoms with Crippen molar-refractivity contribution in [2.75, 3.05) is 13.2 Å². The third-order valence-corrected chi connectivity index (χ3v) is 6.80. The number of nitrogens with zero attached hydrogens (tertiary/aromatic N) is 4. The second-order valence-corrected chi connectivity index (χ2v) is 9.63. The van der Waals surface area contributed by atoms with Crippen LogP contribution < -0.4 is 9.47 Å². The van der Waals surface area contributed by atoms with Gasteiger partial charge in [-0.3, -0.25) is 14.7 Å². The lowest BCUT2D eigenvalue weighted by atomic mass is 10.1. The van der Waals surface area contributed by atoms with Crippen molar-refractivity contribution in [1.82, 2.24) is 14.8 Å². The SMILES string of the molecule is CCOc1cc([C@H](C[N+](=O)[O-])Sc2nnc(C)n2-c2ccc(Cl)cc2)ccc1OCc1cccc(F)c1. The lowest BCUT2D eigenvalue weighted by Gasteiger charge is -2.17. The molecule has 0 aliphatic rings. The van der Waals surface area contributed by atoms with Crippen LogP contribution in [0.3, 0.4) is 0 Å². The van der Waals surface area contributed by atoms with Crippen molar-refractivity contribution in [1.29, 1.82) is 0 Å². The molecule has 0 unspecified atom stereocenters. The van der Waals surface area contributed by atoms with Crippen molar-refractivity contribution >= 4 is 23.4 Å². The normalized spacial score (nSPS) is 11.8. The molecule has 4 rings (SSSR count). The summed E-state index contributed by atoms with van der Waals surface area (Å²) in [6.07, 6.45) is 0. The first-order chi connectivity index (χ1) is 17.8. The molecule has 0 bridgehead atoms. The fourth-order valence-electron chi connectivity index (χ4n) is 3.68. The van der Waals surface area contributed by atoms with Gasteiger partial charge in [0.05, 0.1) is 6.61 Å². The zero-order valence-corrected chi connectivity index (χ0v) is 21.7. The van der Waals surface area contributed by atoms with Gasteiger partial charge >= 0.3 is 0 Å². The highest BCUT2D eigenvalue weighted by Gasteiger charge is 2.25. The molecule has 37 heavy (non-hydrogen) atoms. The third-order valence-electron chi connectivity index (χ3n) is 5.37. The molecule has 0 aliphatic carbocycles. The van der Waals surface area contributed by atoms with E-state index in [-0.39, 0.29) is 23.9 Å². The van der Waals surface area contributed by atoms with Crippen LogP contribution in [0.2, 0.25) is 5.02 Å². The van der Waals surface area contributed by atoms with Crippen molar-refractivity contribution in [2.24, 2.45) is 0 Å². The van der Waals surface area contributed by atoms with E-state index < -0.39 is 5.25 Å². The molecule has 192 valence electrons. The Bertz CT molecular complexity index is 1380. The van der Waals surface area contributed by atoms with Gasteiger partial charge in [0.15, 0.2) is 16.7 Å². The summed E-state index contributed by atoms with van der Waals surface area (Å²) in [7, 11) is 0. The van der Waals surface area contributed by atoms with Crippen molar-refractivity contribution in [3.05, 3.63) is 105 Å². The minimum Gasteiger partial charge on any atom is -0.490 e. The molecule has 0 radical (unpaired) electrons. The molecule has 0 saturated heterocycles. The first kappa shape index (κ1) is 26.4. The molecule has 8 nitrogen and oxygen atoms in total. The van der Waals surface area contributed by atoms with Crippen LogP contribution in [-0.2, 0) is 6.61 Å². The minimum absolute atomic E-state index is 0.147. The average Bonchev–Trinajstić information content (AvgIpc) is 3.23. The molecule has 3 aromatic carbocycles. The van der Waals surface area contributed by atoms with Gasteiger partial charge in [-0.25, -0.2) is 4.39 Å². The predicted octanol–water partition coefficient (Wildman–Crippen LogP) is 6.46. The van der Waals surface area contributed by atoms with Crippen molar-refractivity contribution in [3.63, 3.8) is 0 Å². The van der Waals surface area contributed by atoms with E-state index in [2.05, 4.69) is 10.2 Å². The summed E-state index contributed by atoms with van der Waals surface area (Å²) >= 11 is 7.27. The Balaban J connectivity index is 1.62. The zero-order chi connectivity index (χ0) is 26.4. The van der Waals surface area contributed by atoms with E-state index in [1.165, 1.54) is 23.9 Å². The molecule has 1 atom stereocenters. The summed E-state index contributed by atoms with van der Waals surface area (Å²) in [4.78, 5) is 11.2.